The number of amides is 1. The van der Waals surface area contributed by atoms with Crippen LogP contribution in [0, 0.1) is 17.2 Å². The van der Waals surface area contributed by atoms with E-state index in [-0.39, 0.29) is 41.2 Å². The van der Waals surface area contributed by atoms with Gasteiger partial charge in [0.1, 0.15) is 17.9 Å². The van der Waals surface area contributed by atoms with Crippen LogP contribution in [0.1, 0.15) is 67.0 Å². The first-order valence-corrected chi connectivity index (χ1v) is 15.5. The van der Waals surface area contributed by atoms with Crippen molar-refractivity contribution < 1.29 is 21.4 Å². The lowest BCUT2D eigenvalue weighted by molar-refractivity contribution is -0.0345. The second-order valence-corrected chi connectivity index (χ2v) is 12.6. The van der Waals surface area contributed by atoms with Crippen molar-refractivity contribution in [1.29, 1.82) is 0 Å². The van der Waals surface area contributed by atoms with Crippen molar-refractivity contribution in [2.75, 3.05) is 71.4 Å². The molecule has 1 aromatic carbocycles. The minimum absolute atomic E-state index is 0.0512. The van der Waals surface area contributed by atoms with Gasteiger partial charge < -0.3 is 24.2 Å². The maximum absolute atomic E-state index is 14.3. The van der Waals surface area contributed by atoms with Crippen LogP contribution in [0.5, 0.6) is 11.6 Å². The molecular formula is C32H50FN7O3. The molecule has 0 unspecified atom stereocenters. The fraction of sp³-hybridized carbons (Fsp3) is 0.688. The van der Waals surface area contributed by atoms with Gasteiger partial charge in [0.2, 0.25) is 0 Å². The fourth-order valence-corrected chi connectivity index (χ4v) is 6.45. The number of likely N-dealkylation sites (N-methyl/N-ethyl adjacent to an activating group) is 1. The first-order chi connectivity index (χ1) is 21.3. The molecule has 2 saturated heterocycles. The standard InChI is InChI=1S/C32H50FN7O3/c1-8-40(24(4)5)31(41)26-18-25(33)11-12-28(26)43-30-29(34-22-35-36-30)38-15-13-32(19-38)20-39(21-32)27(23(2)3)10-9-14-37(6)16-17-42-7/h11-12,18,22-24,27H,8-10,13-17,19-21H2,1-7H3/t27-/m1/s1/i16D2. The summed E-state index contributed by atoms with van der Waals surface area (Å²) in [5.74, 6) is 0.629. The van der Waals surface area contributed by atoms with Crippen LogP contribution in [-0.2, 0) is 4.74 Å². The molecule has 0 saturated carbocycles. The van der Waals surface area contributed by atoms with Crippen LogP contribution in [-0.4, -0.2) is 114 Å². The average molecular weight is 602 g/mol. The molecule has 2 fully saturated rings. The molecule has 0 N–H and O–H groups in total. The van der Waals surface area contributed by atoms with Crippen LogP contribution in [0.3, 0.4) is 0 Å². The number of hydrogen-bond acceptors (Lipinski definition) is 9. The summed E-state index contributed by atoms with van der Waals surface area (Å²) in [6.07, 6.45) is 4.32. The summed E-state index contributed by atoms with van der Waals surface area (Å²) in [6, 6.07) is 4.31. The molecule has 1 spiro atoms. The van der Waals surface area contributed by atoms with Gasteiger partial charge in [-0.05, 0) is 77.7 Å². The molecule has 2 aliphatic rings. The maximum atomic E-state index is 14.3. The van der Waals surface area contributed by atoms with Crippen molar-refractivity contribution in [3.8, 4) is 11.6 Å². The molecule has 3 heterocycles. The molecule has 2 aliphatic heterocycles. The minimum Gasteiger partial charge on any atom is -0.434 e. The van der Waals surface area contributed by atoms with Crippen molar-refractivity contribution >= 4 is 11.7 Å². The third-order valence-electron chi connectivity index (χ3n) is 8.70. The number of rotatable bonds is 15. The van der Waals surface area contributed by atoms with Crippen LogP contribution < -0.4 is 9.64 Å². The summed E-state index contributed by atoms with van der Waals surface area (Å²) >= 11 is 0. The second kappa shape index (κ2) is 14.7. The van der Waals surface area contributed by atoms with Crippen LogP contribution in [0.15, 0.2) is 24.5 Å². The van der Waals surface area contributed by atoms with E-state index in [1.807, 2.05) is 27.8 Å². The van der Waals surface area contributed by atoms with Crippen molar-refractivity contribution in [3.05, 3.63) is 35.9 Å². The summed E-state index contributed by atoms with van der Waals surface area (Å²) < 4.78 is 41.9. The summed E-state index contributed by atoms with van der Waals surface area (Å²) in [6.45, 7) is 13.5. The van der Waals surface area contributed by atoms with Gasteiger partial charge in [0, 0.05) is 66.6 Å². The Balaban J connectivity index is 1.41. The van der Waals surface area contributed by atoms with E-state index in [1.165, 1.54) is 31.6 Å². The number of aromatic nitrogens is 3. The zero-order valence-electron chi connectivity index (χ0n) is 28.8. The third kappa shape index (κ3) is 7.99. The van der Waals surface area contributed by atoms with Gasteiger partial charge in [0.15, 0.2) is 5.82 Å². The molecule has 4 rings (SSSR count). The largest absolute Gasteiger partial charge is 0.434 e. The summed E-state index contributed by atoms with van der Waals surface area (Å²) in [7, 11) is 3.34. The highest BCUT2D eigenvalue weighted by Crippen LogP contribution is 2.44. The molecule has 1 atom stereocenters. The van der Waals surface area contributed by atoms with E-state index in [9.17, 15) is 9.18 Å². The van der Waals surface area contributed by atoms with Gasteiger partial charge in [-0.3, -0.25) is 9.69 Å². The molecule has 1 aromatic heterocycles. The van der Waals surface area contributed by atoms with Crippen molar-refractivity contribution in [1.82, 2.24) is 29.9 Å². The third-order valence-corrected chi connectivity index (χ3v) is 8.70. The first-order valence-electron chi connectivity index (χ1n) is 16.5. The number of carbonyl (C=O) groups excluding carboxylic acids is 1. The van der Waals surface area contributed by atoms with Crippen LogP contribution in [0.25, 0.3) is 0 Å². The highest BCUT2D eigenvalue weighted by atomic mass is 19.1. The van der Waals surface area contributed by atoms with Gasteiger partial charge in [0.05, 0.1) is 12.2 Å². The van der Waals surface area contributed by atoms with Crippen LogP contribution in [0.2, 0.25) is 0 Å². The molecule has 2 aromatic rings. The van der Waals surface area contributed by atoms with Crippen LogP contribution in [0.4, 0.5) is 10.2 Å². The number of hydrogen-bond donors (Lipinski definition) is 0. The number of carbonyl (C=O) groups is 1. The Hall–Kier alpha value is -2.89. The van der Waals surface area contributed by atoms with E-state index in [2.05, 4.69) is 38.8 Å². The predicted molar refractivity (Wildman–Crippen MR) is 166 cm³/mol. The van der Waals surface area contributed by atoms with E-state index in [1.54, 1.807) is 9.80 Å². The number of nitrogens with zero attached hydrogens (tertiary/aromatic N) is 7. The Morgan fingerprint density at radius 3 is 2.67 bits per heavy atom. The van der Waals surface area contributed by atoms with E-state index in [0.29, 0.717) is 30.9 Å². The van der Waals surface area contributed by atoms with E-state index < -0.39 is 12.3 Å². The van der Waals surface area contributed by atoms with Crippen molar-refractivity contribution in [2.45, 2.75) is 66.0 Å². The van der Waals surface area contributed by atoms with Gasteiger partial charge in [-0.1, -0.05) is 13.8 Å². The topological polar surface area (TPSA) is 87.2 Å². The Bertz CT molecular complexity index is 1300. The number of halogens is 1. The molecule has 0 bridgehead atoms. The summed E-state index contributed by atoms with van der Waals surface area (Å²) in [5, 5.41) is 8.18. The van der Waals surface area contributed by atoms with E-state index in [0.717, 1.165) is 45.4 Å². The Kier molecular flexibility index (Phi) is 10.3. The van der Waals surface area contributed by atoms with Crippen molar-refractivity contribution in [2.24, 2.45) is 11.3 Å². The Labute approximate surface area is 259 Å². The van der Waals surface area contributed by atoms with Gasteiger partial charge in [-0.2, -0.15) is 0 Å². The number of methoxy groups -OCH3 is 1. The summed E-state index contributed by atoms with van der Waals surface area (Å²) in [4.78, 5) is 26.0. The first kappa shape index (κ1) is 30.1. The highest BCUT2D eigenvalue weighted by molar-refractivity contribution is 5.97. The average Bonchev–Trinajstić information content (AvgIpc) is 3.41. The number of likely N-dealkylation sites (tertiary alicyclic amines) is 1. The monoisotopic (exact) mass is 601 g/mol. The fourth-order valence-electron chi connectivity index (χ4n) is 6.45. The molecule has 0 aliphatic carbocycles. The normalized spacial score (nSPS) is 18.3. The quantitative estimate of drug-likeness (QED) is 0.291. The number of ether oxygens (including phenoxy) is 2. The number of anilines is 1. The minimum atomic E-state index is -1.48. The number of benzene rings is 1. The van der Waals surface area contributed by atoms with E-state index in [4.69, 9.17) is 12.2 Å². The lowest BCUT2D eigenvalue weighted by atomic mass is 9.76. The zero-order chi connectivity index (χ0) is 32.9. The lowest BCUT2D eigenvalue weighted by Gasteiger charge is -2.53. The SMILES string of the molecule is [2H]C([2H])(COC)N(C)CCC[C@H](C(C)C)N1CC2(CCN(c3ncnnc3Oc3ccc(F)cc3C(=O)N(CC)C(C)C)C2)C1. The zero-order valence-corrected chi connectivity index (χ0v) is 26.8. The highest BCUT2D eigenvalue weighted by Gasteiger charge is 2.50. The predicted octanol–water partition coefficient (Wildman–Crippen LogP) is 4.57. The second-order valence-electron chi connectivity index (χ2n) is 12.6. The molecule has 10 nitrogen and oxygen atoms in total. The maximum Gasteiger partial charge on any atom is 0.282 e. The summed E-state index contributed by atoms with van der Waals surface area (Å²) in [5.41, 5.74) is 0.272. The molecule has 0 radical (unpaired) electrons. The van der Waals surface area contributed by atoms with Crippen LogP contribution >= 0.6 is 0 Å². The molecule has 43 heavy (non-hydrogen) atoms. The smallest absolute Gasteiger partial charge is 0.282 e. The van der Waals surface area contributed by atoms with E-state index >= 15 is 0 Å². The Morgan fingerprint density at radius 2 is 2.00 bits per heavy atom. The van der Waals surface area contributed by atoms with Gasteiger partial charge in [-0.25, -0.2) is 9.37 Å². The molecule has 238 valence electrons. The van der Waals surface area contributed by atoms with Gasteiger partial charge >= 0.3 is 0 Å². The van der Waals surface area contributed by atoms with Crippen molar-refractivity contribution in [3.63, 3.8) is 0 Å². The lowest BCUT2D eigenvalue weighted by Crippen LogP contribution is -2.62. The van der Waals surface area contributed by atoms with Gasteiger partial charge in [0.25, 0.3) is 11.8 Å². The van der Waals surface area contributed by atoms with Gasteiger partial charge in [-0.15, -0.1) is 10.2 Å². The Morgan fingerprint density at radius 1 is 1.23 bits per heavy atom. The molecule has 1 amide bonds. The molecule has 11 heteroatoms. The molecular weight excluding hydrogens is 549 g/mol.